The highest BCUT2D eigenvalue weighted by Crippen LogP contribution is 2.35. The SMILES string of the molecule is CCc1ccccc1-n1nc(-c2ccc(Cl)cc2)c2cnc3ccc(OC)cc3c21. The average Bonchev–Trinajstić information content (AvgIpc) is 3.19. The standard InChI is InChI=1S/C25H20ClN3O/c1-3-16-6-4-5-7-23(16)29-25-20-14-19(30-2)12-13-22(20)27-15-21(25)24(28-29)17-8-10-18(26)11-9-17/h4-15H,3H2,1-2H3. The highest BCUT2D eigenvalue weighted by Gasteiger charge is 2.18. The van der Waals surface area contributed by atoms with Gasteiger partial charge in [-0.15, -0.1) is 0 Å². The Kier molecular flexibility index (Phi) is 4.64. The number of ether oxygens (including phenoxy) is 1. The predicted octanol–water partition coefficient (Wildman–Crippen LogP) is 6.47. The lowest BCUT2D eigenvalue weighted by Crippen LogP contribution is -2.01. The molecule has 30 heavy (non-hydrogen) atoms. The van der Waals surface area contributed by atoms with Crippen LogP contribution in [-0.2, 0) is 6.42 Å². The Balaban J connectivity index is 1.91. The van der Waals surface area contributed by atoms with E-state index in [2.05, 4.69) is 25.1 Å². The molecule has 4 nitrogen and oxygen atoms in total. The van der Waals surface area contributed by atoms with Crippen molar-refractivity contribution in [3.05, 3.63) is 83.5 Å². The number of hydrogen-bond donors (Lipinski definition) is 0. The molecule has 0 aliphatic heterocycles. The number of aryl methyl sites for hydroxylation is 1. The Morgan fingerprint density at radius 1 is 0.967 bits per heavy atom. The zero-order valence-electron chi connectivity index (χ0n) is 16.8. The van der Waals surface area contributed by atoms with Gasteiger partial charge in [0, 0.05) is 27.6 Å². The first-order chi connectivity index (χ1) is 14.7. The molecular weight excluding hydrogens is 394 g/mol. The van der Waals surface area contributed by atoms with Crippen LogP contribution in [0.4, 0.5) is 0 Å². The summed E-state index contributed by atoms with van der Waals surface area (Å²) in [6.07, 6.45) is 2.83. The highest BCUT2D eigenvalue weighted by atomic mass is 35.5. The lowest BCUT2D eigenvalue weighted by molar-refractivity contribution is 0.415. The first kappa shape index (κ1) is 18.6. The van der Waals surface area contributed by atoms with E-state index in [0.717, 1.165) is 50.9 Å². The van der Waals surface area contributed by atoms with Gasteiger partial charge in [-0.2, -0.15) is 5.10 Å². The van der Waals surface area contributed by atoms with Gasteiger partial charge in [-0.3, -0.25) is 4.98 Å². The van der Waals surface area contributed by atoms with Crippen LogP contribution < -0.4 is 4.74 Å². The van der Waals surface area contributed by atoms with Gasteiger partial charge in [-0.25, -0.2) is 4.68 Å². The lowest BCUT2D eigenvalue weighted by atomic mass is 10.1. The number of nitrogens with zero attached hydrogens (tertiary/aromatic N) is 3. The smallest absolute Gasteiger partial charge is 0.119 e. The molecule has 0 fully saturated rings. The number of hydrogen-bond acceptors (Lipinski definition) is 3. The van der Waals surface area contributed by atoms with Crippen molar-refractivity contribution in [2.75, 3.05) is 7.11 Å². The van der Waals surface area contributed by atoms with Gasteiger partial charge >= 0.3 is 0 Å². The van der Waals surface area contributed by atoms with Crippen molar-refractivity contribution in [3.63, 3.8) is 0 Å². The molecule has 0 saturated heterocycles. The van der Waals surface area contributed by atoms with Crippen molar-refractivity contribution in [3.8, 4) is 22.7 Å². The number of halogens is 1. The molecule has 0 aliphatic carbocycles. The van der Waals surface area contributed by atoms with E-state index in [1.165, 1.54) is 5.56 Å². The Morgan fingerprint density at radius 3 is 2.53 bits per heavy atom. The third-order valence-electron chi connectivity index (χ3n) is 5.43. The van der Waals surface area contributed by atoms with Crippen LogP contribution in [0, 0.1) is 0 Å². The maximum atomic E-state index is 6.12. The summed E-state index contributed by atoms with van der Waals surface area (Å²) in [6.45, 7) is 2.16. The normalized spacial score (nSPS) is 11.3. The molecule has 0 aliphatic rings. The lowest BCUT2D eigenvalue weighted by Gasteiger charge is -2.10. The van der Waals surface area contributed by atoms with Crippen molar-refractivity contribution < 1.29 is 4.74 Å². The second-order valence-corrected chi connectivity index (χ2v) is 7.59. The summed E-state index contributed by atoms with van der Waals surface area (Å²) >= 11 is 6.12. The zero-order chi connectivity index (χ0) is 20.7. The quantitative estimate of drug-likeness (QED) is 0.339. The minimum atomic E-state index is 0.701. The molecule has 5 aromatic rings. The number of para-hydroxylation sites is 1. The van der Waals surface area contributed by atoms with Gasteiger partial charge in [0.25, 0.3) is 0 Å². The maximum absolute atomic E-state index is 6.12. The fourth-order valence-corrected chi connectivity index (χ4v) is 4.03. The summed E-state index contributed by atoms with van der Waals surface area (Å²) in [4.78, 5) is 4.70. The minimum absolute atomic E-state index is 0.701. The van der Waals surface area contributed by atoms with Gasteiger partial charge in [0.05, 0.1) is 23.8 Å². The number of benzene rings is 3. The molecule has 0 amide bonds. The van der Waals surface area contributed by atoms with Crippen LogP contribution in [0.1, 0.15) is 12.5 Å². The third-order valence-corrected chi connectivity index (χ3v) is 5.68. The Hall–Kier alpha value is -3.37. The molecular formula is C25H20ClN3O. The fourth-order valence-electron chi connectivity index (χ4n) is 3.90. The van der Waals surface area contributed by atoms with Gasteiger partial charge in [0.2, 0.25) is 0 Å². The van der Waals surface area contributed by atoms with Crippen molar-refractivity contribution in [1.82, 2.24) is 14.8 Å². The van der Waals surface area contributed by atoms with Gasteiger partial charge in [-0.05, 0) is 48.4 Å². The average molecular weight is 414 g/mol. The van der Waals surface area contributed by atoms with Gasteiger partial charge in [0.15, 0.2) is 0 Å². The van der Waals surface area contributed by atoms with Crippen LogP contribution in [0.3, 0.4) is 0 Å². The molecule has 0 bridgehead atoms. The van der Waals surface area contributed by atoms with E-state index in [0.29, 0.717) is 5.02 Å². The molecule has 0 N–H and O–H groups in total. The van der Waals surface area contributed by atoms with Gasteiger partial charge < -0.3 is 4.74 Å². The minimum Gasteiger partial charge on any atom is -0.497 e. The third kappa shape index (κ3) is 3.01. The molecule has 3 aromatic carbocycles. The molecule has 2 aromatic heterocycles. The summed E-state index contributed by atoms with van der Waals surface area (Å²) in [5, 5.41) is 7.76. The number of pyridine rings is 1. The molecule has 0 spiro atoms. The summed E-state index contributed by atoms with van der Waals surface area (Å²) in [7, 11) is 1.68. The van der Waals surface area contributed by atoms with Crippen molar-refractivity contribution in [2.24, 2.45) is 0 Å². The molecule has 0 unspecified atom stereocenters. The van der Waals surface area contributed by atoms with E-state index in [1.807, 2.05) is 59.4 Å². The molecule has 0 radical (unpaired) electrons. The molecule has 148 valence electrons. The van der Waals surface area contributed by atoms with E-state index in [9.17, 15) is 0 Å². The Morgan fingerprint density at radius 2 is 1.77 bits per heavy atom. The second kappa shape index (κ2) is 7.47. The van der Waals surface area contributed by atoms with Crippen molar-refractivity contribution in [2.45, 2.75) is 13.3 Å². The molecule has 5 heteroatoms. The van der Waals surface area contributed by atoms with Crippen LogP contribution in [-0.4, -0.2) is 21.9 Å². The van der Waals surface area contributed by atoms with Crippen LogP contribution in [0.15, 0.2) is 72.9 Å². The van der Waals surface area contributed by atoms with E-state index >= 15 is 0 Å². The van der Waals surface area contributed by atoms with Crippen LogP contribution in [0.5, 0.6) is 5.75 Å². The van der Waals surface area contributed by atoms with Crippen LogP contribution in [0.25, 0.3) is 38.8 Å². The largest absolute Gasteiger partial charge is 0.497 e. The van der Waals surface area contributed by atoms with E-state index in [1.54, 1.807) is 7.11 Å². The molecule has 2 heterocycles. The molecule has 5 rings (SSSR count). The van der Waals surface area contributed by atoms with E-state index < -0.39 is 0 Å². The summed E-state index contributed by atoms with van der Waals surface area (Å²) in [6, 6.07) is 22.1. The molecule has 0 atom stereocenters. The zero-order valence-corrected chi connectivity index (χ0v) is 17.5. The van der Waals surface area contributed by atoms with Crippen LogP contribution >= 0.6 is 11.6 Å². The maximum Gasteiger partial charge on any atom is 0.119 e. The van der Waals surface area contributed by atoms with Crippen LogP contribution in [0.2, 0.25) is 5.02 Å². The number of methoxy groups -OCH3 is 1. The first-order valence-corrected chi connectivity index (χ1v) is 10.3. The predicted molar refractivity (Wildman–Crippen MR) is 123 cm³/mol. The van der Waals surface area contributed by atoms with E-state index in [4.69, 9.17) is 26.4 Å². The van der Waals surface area contributed by atoms with Crippen molar-refractivity contribution in [1.29, 1.82) is 0 Å². The number of aromatic nitrogens is 3. The molecule has 0 saturated carbocycles. The first-order valence-electron chi connectivity index (χ1n) is 9.89. The highest BCUT2D eigenvalue weighted by molar-refractivity contribution is 6.30. The number of rotatable bonds is 4. The fraction of sp³-hybridized carbons (Fsp3) is 0.120. The second-order valence-electron chi connectivity index (χ2n) is 7.15. The van der Waals surface area contributed by atoms with Crippen molar-refractivity contribution >= 4 is 33.4 Å². The van der Waals surface area contributed by atoms with Gasteiger partial charge in [-0.1, -0.05) is 48.9 Å². The topological polar surface area (TPSA) is 39.9 Å². The summed E-state index contributed by atoms with van der Waals surface area (Å²) in [5.41, 5.74) is 6.11. The summed E-state index contributed by atoms with van der Waals surface area (Å²) < 4.78 is 7.54. The van der Waals surface area contributed by atoms with E-state index in [-0.39, 0.29) is 0 Å². The van der Waals surface area contributed by atoms with Gasteiger partial charge in [0.1, 0.15) is 11.4 Å². The summed E-state index contributed by atoms with van der Waals surface area (Å²) in [5.74, 6) is 0.793. The monoisotopic (exact) mass is 413 g/mol. The Bertz CT molecular complexity index is 1370. The Labute approximate surface area is 179 Å². The number of fused-ring (bicyclic) bond motifs is 3.